The van der Waals surface area contributed by atoms with Gasteiger partial charge in [-0.25, -0.2) is 4.98 Å². The van der Waals surface area contributed by atoms with E-state index in [9.17, 15) is 9.90 Å². The van der Waals surface area contributed by atoms with Gasteiger partial charge >= 0.3 is 5.97 Å². The minimum absolute atomic E-state index is 0.271. The van der Waals surface area contributed by atoms with Gasteiger partial charge in [0, 0.05) is 33.2 Å². The molecule has 1 aliphatic heterocycles. The Morgan fingerprint density at radius 3 is 2.53 bits per heavy atom. The van der Waals surface area contributed by atoms with Gasteiger partial charge in [0.15, 0.2) is 11.2 Å². The van der Waals surface area contributed by atoms with Crippen molar-refractivity contribution in [3.05, 3.63) is 17.2 Å². The number of carboxylic acid groups (broad SMARTS) is 1. The van der Waals surface area contributed by atoms with Gasteiger partial charge in [-0.15, -0.1) is 0 Å². The van der Waals surface area contributed by atoms with E-state index in [2.05, 4.69) is 16.8 Å². The highest BCUT2D eigenvalue weighted by molar-refractivity contribution is 6.30. The first-order valence-corrected chi connectivity index (χ1v) is 6.78. The summed E-state index contributed by atoms with van der Waals surface area (Å²) in [5.74, 6) is -0.879. The molecule has 19 heavy (non-hydrogen) atoms. The van der Waals surface area contributed by atoms with Crippen LogP contribution < -0.4 is 0 Å². The summed E-state index contributed by atoms with van der Waals surface area (Å²) in [5.41, 5.74) is 0.555. The van der Waals surface area contributed by atoms with Crippen molar-refractivity contribution in [3.8, 4) is 0 Å². The van der Waals surface area contributed by atoms with Crippen LogP contribution in [0.1, 0.15) is 18.7 Å². The van der Waals surface area contributed by atoms with Crippen molar-refractivity contribution in [3.63, 3.8) is 0 Å². The Balaban J connectivity index is 2.20. The summed E-state index contributed by atoms with van der Waals surface area (Å²) < 4.78 is 1.69. The number of piperazine rings is 1. The fourth-order valence-electron chi connectivity index (χ4n) is 2.50. The van der Waals surface area contributed by atoms with Crippen molar-refractivity contribution in [1.29, 1.82) is 0 Å². The highest BCUT2D eigenvalue weighted by atomic mass is 35.5. The number of aryl methyl sites for hydroxylation is 1. The highest BCUT2D eigenvalue weighted by Crippen LogP contribution is 2.27. The number of halogens is 1. The van der Waals surface area contributed by atoms with Gasteiger partial charge in [0.25, 0.3) is 0 Å². The van der Waals surface area contributed by atoms with Crippen molar-refractivity contribution in [2.75, 3.05) is 32.7 Å². The maximum Gasteiger partial charge on any atom is 0.327 e. The molecule has 0 radical (unpaired) electrons. The molecule has 1 fully saturated rings. The first-order valence-electron chi connectivity index (χ1n) is 6.40. The van der Waals surface area contributed by atoms with Crippen LogP contribution in [-0.4, -0.2) is 63.2 Å². The molecule has 1 unspecified atom stereocenters. The number of carboxylic acids is 1. The second-order valence-corrected chi connectivity index (χ2v) is 5.10. The van der Waals surface area contributed by atoms with E-state index in [-0.39, 0.29) is 5.15 Å². The van der Waals surface area contributed by atoms with Crippen molar-refractivity contribution < 1.29 is 9.90 Å². The Labute approximate surface area is 117 Å². The first-order chi connectivity index (χ1) is 9.04. The van der Waals surface area contributed by atoms with Gasteiger partial charge in [-0.1, -0.05) is 18.5 Å². The molecule has 1 atom stereocenters. The van der Waals surface area contributed by atoms with Crippen LogP contribution in [0.25, 0.3) is 0 Å². The van der Waals surface area contributed by atoms with Crippen LogP contribution in [0.2, 0.25) is 5.15 Å². The van der Waals surface area contributed by atoms with E-state index in [0.29, 0.717) is 5.69 Å². The number of aromatic nitrogens is 2. The Morgan fingerprint density at radius 2 is 2.11 bits per heavy atom. The molecule has 2 heterocycles. The smallest absolute Gasteiger partial charge is 0.327 e. The fourth-order valence-corrected chi connectivity index (χ4v) is 2.78. The van der Waals surface area contributed by atoms with Gasteiger partial charge in [-0.2, -0.15) is 0 Å². The van der Waals surface area contributed by atoms with Gasteiger partial charge in [0.1, 0.15) is 0 Å². The normalized spacial score (nSPS) is 19.5. The predicted molar refractivity (Wildman–Crippen MR) is 72.3 cm³/mol. The summed E-state index contributed by atoms with van der Waals surface area (Å²) in [6, 6.07) is -0.723. The van der Waals surface area contributed by atoms with Crippen LogP contribution in [0, 0.1) is 0 Å². The molecule has 1 aliphatic rings. The van der Waals surface area contributed by atoms with Gasteiger partial charge in [0.05, 0.1) is 12.0 Å². The third kappa shape index (κ3) is 2.91. The molecule has 1 aromatic rings. The van der Waals surface area contributed by atoms with Gasteiger partial charge in [-0.3, -0.25) is 9.69 Å². The van der Waals surface area contributed by atoms with Crippen molar-refractivity contribution in [2.24, 2.45) is 7.05 Å². The lowest BCUT2D eigenvalue weighted by molar-refractivity contribution is -0.144. The molecule has 7 heteroatoms. The average molecular weight is 287 g/mol. The molecule has 2 rings (SSSR count). The zero-order chi connectivity index (χ0) is 14.0. The number of likely N-dealkylation sites (N-methyl/N-ethyl adjacent to an activating group) is 1. The molecular formula is C12H19ClN4O2. The summed E-state index contributed by atoms with van der Waals surface area (Å²) in [4.78, 5) is 19.8. The van der Waals surface area contributed by atoms with E-state index in [4.69, 9.17) is 11.6 Å². The van der Waals surface area contributed by atoms with E-state index in [1.807, 2.05) is 4.90 Å². The summed E-state index contributed by atoms with van der Waals surface area (Å²) in [7, 11) is 1.77. The minimum atomic E-state index is -0.879. The fraction of sp³-hybridized carbons (Fsp3) is 0.667. The lowest BCUT2D eigenvalue weighted by atomic mass is 10.1. The third-order valence-electron chi connectivity index (χ3n) is 3.65. The second-order valence-electron chi connectivity index (χ2n) is 4.74. The summed E-state index contributed by atoms with van der Waals surface area (Å²) in [6.07, 6.45) is 1.55. The zero-order valence-electron chi connectivity index (χ0n) is 11.2. The van der Waals surface area contributed by atoms with E-state index >= 15 is 0 Å². The Hall–Kier alpha value is -1.11. The maximum atomic E-state index is 11.6. The van der Waals surface area contributed by atoms with Crippen LogP contribution >= 0.6 is 11.6 Å². The maximum absolute atomic E-state index is 11.6. The summed E-state index contributed by atoms with van der Waals surface area (Å²) in [6.45, 7) is 6.34. The van der Waals surface area contributed by atoms with E-state index < -0.39 is 12.0 Å². The number of nitrogens with zero attached hydrogens (tertiary/aromatic N) is 4. The number of imidazole rings is 1. The van der Waals surface area contributed by atoms with Gasteiger partial charge < -0.3 is 14.6 Å². The zero-order valence-corrected chi connectivity index (χ0v) is 12.0. The van der Waals surface area contributed by atoms with Crippen molar-refractivity contribution in [1.82, 2.24) is 19.4 Å². The van der Waals surface area contributed by atoms with Crippen LogP contribution in [0.3, 0.4) is 0 Å². The van der Waals surface area contributed by atoms with Crippen LogP contribution in [-0.2, 0) is 11.8 Å². The van der Waals surface area contributed by atoms with Crippen molar-refractivity contribution in [2.45, 2.75) is 13.0 Å². The molecule has 0 spiro atoms. The SMILES string of the molecule is CCN1CCN(C(C(=O)O)c2c(Cl)ncn2C)CC1. The lowest BCUT2D eigenvalue weighted by Crippen LogP contribution is -2.49. The van der Waals surface area contributed by atoms with Crippen LogP contribution in [0.15, 0.2) is 6.33 Å². The number of hydrogen-bond acceptors (Lipinski definition) is 4. The molecule has 1 aromatic heterocycles. The van der Waals surface area contributed by atoms with E-state index in [1.54, 1.807) is 17.9 Å². The van der Waals surface area contributed by atoms with Crippen LogP contribution in [0.4, 0.5) is 0 Å². The monoisotopic (exact) mass is 286 g/mol. The quantitative estimate of drug-likeness (QED) is 0.889. The first kappa shape index (κ1) is 14.3. The number of aliphatic carboxylic acids is 1. The molecule has 0 bridgehead atoms. The summed E-state index contributed by atoms with van der Waals surface area (Å²) >= 11 is 6.03. The molecule has 0 amide bonds. The molecule has 106 valence electrons. The summed E-state index contributed by atoms with van der Waals surface area (Å²) in [5, 5.41) is 9.79. The molecule has 1 N–H and O–H groups in total. The number of rotatable bonds is 4. The lowest BCUT2D eigenvalue weighted by Gasteiger charge is -2.37. The highest BCUT2D eigenvalue weighted by Gasteiger charge is 2.33. The molecule has 0 aliphatic carbocycles. The number of carbonyl (C=O) groups is 1. The Bertz CT molecular complexity index is 435. The average Bonchev–Trinajstić information content (AvgIpc) is 2.71. The topological polar surface area (TPSA) is 61.6 Å². The van der Waals surface area contributed by atoms with E-state index in [1.165, 1.54) is 0 Å². The Morgan fingerprint density at radius 1 is 1.47 bits per heavy atom. The molecule has 0 saturated carbocycles. The largest absolute Gasteiger partial charge is 0.480 e. The molecule has 6 nitrogen and oxygen atoms in total. The number of hydrogen-bond donors (Lipinski definition) is 1. The third-order valence-corrected chi connectivity index (χ3v) is 3.94. The second kappa shape index (κ2) is 5.90. The van der Waals surface area contributed by atoms with Gasteiger partial charge in [0.2, 0.25) is 0 Å². The molecular weight excluding hydrogens is 268 g/mol. The standard InChI is InChI=1S/C12H19ClN4O2/c1-3-16-4-6-17(7-5-16)10(12(18)19)9-11(13)14-8-15(9)2/h8,10H,3-7H2,1-2H3,(H,18,19). The molecule has 1 saturated heterocycles. The predicted octanol–water partition coefficient (Wildman–Crippen LogP) is 0.837. The van der Waals surface area contributed by atoms with E-state index in [0.717, 1.165) is 32.7 Å². The van der Waals surface area contributed by atoms with Gasteiger partial charge in [-0.05, 0) is 6.54 Å². The minimum Gasteiger partial charge on any atom is -0.480 e. The Kier molecular flexibility index (Phi) is 4.44. The van der Waals surface area contributed by atoms with Crippen molar-refractivity contribution >= 4 is 17.6 Å². The van der Waals surface area contributed by atoms with Crippen LogP contribution in [0.5, 0.6) is 0 Å². The molecule has 0 aromatic carbocycles.